The molecule has 1 unspecified atom stereocenters. The van der Waals surface area contributed by atoms with Crippen LogP contribution >= 0.6 is 0 Å². The van der Waals surface area contributed by atoms with Gasteiger partial charge >= 0.3 is 0 Å². The van der Waals surface area contributed by atoms with Gasteiger partial charge in [0.15, 0.2) is 0 Å². The first-order valence-corrected chi connectivity index (χ1v) is 6.57. The normalized spacial score (nSPS) is 12.6. The van der Waals surface area contributed by atoms with Crippen LogP contribution in [0.2, 0.25) is 0 Å². The highest BCUT2D eigenvalue weighted by Crippen LogP contribution is 2.11. The van der Waals surface area contributed by atoms with Crippen LogP contribution in [0.4, 0.5) is 0 Å². The lowest BCUT2D eigenvalue weighted by Crippen LogP contribution is -2.29. The maximum Gasteiger partial charge on any atom is 0.0547 e. The Morgan fingerprint density at radius 1 is 1.11 bits per heavy atom. The number of benzene rings is 1. The van der Waals surface area contributed by atoms with Gasteiger partial charge in [-0.25, -0.2) is 0 Å². The second kappa shape index (κ2) is 6.45. The summed E-state index contributed by atoms with van der Waals surface area (Å²) >= 11 is 0. The molecule has 0 saturated heterocycles. The quantitative estimate of drug-likeness (QED) is 0.892. The van der Waals surface area contributed by atoms with E-state index in [4.69, 9.17) is 5.73 Å². The number of nitrogens with two attached hydrogens (primary N) is 1. The highest BCUT2D eigenvalue weighted by molar-refractivity contribution is 5.18. The van der Waals surface area contributed by atoms with E-state index in [1.165, 1.54) is 5.56 Å². The predicted octanol–water partition coefficient (Wildman–Crippen LogP) is 2.52. The Hall–Kier alpha value is -1.71. The third kappa shape index (κ3) is 4.16. The van der Waals surface area contributed by atoms with Gasteiger partial charge < -0.3 is 5.73 Å². The largest absolute Gasteiger partial charge is 0.323 e. The van der Waals surface area contributed by atoms with Gasteiger partial charge in [-0.1, -0.05) is 36.4 Å². The zero-order valence-electron chi connectivity index (χ0n) is 11.6. The van der Waals surface area contributed by atoms with Crippen LogP contribution < -0.4 is 5.73 Å². The number of hydrogen-bond donors (Lipinski definition) is 1. The summed E-state index contributed by atoms with van der Waals surface area (Å²) in [6.45, 7) is 3.65. The van der Waals surface area contributed by atoms with E-state index in [-0.39, 0.29) is 6.04 Å². The smallest absolute Gasteiger partial charge is 0.0547 e. The number of likely N-dealkylation sites (N-methyl/N-ethyl adjacent to an activating group) is 1. The molecule has 2 N–H and O–H groups in total. The van der Waals surface area contributed by atoms with Crippen molar-refractivity contribution >= 4 is 0 Å². The molecule has 2 rings (SSSR count). The Morgan fingerprint density at radius 3 is 2.53 bits per heavy atom. The Labute approximate surface area is 115 Å². The molecule has 3 nitrogen and oxygen atoms in total. The molecule has 1 atom stereocenters. The van der Waals surface area contributed by atoms with Gasteiger partial charge in [0.05, 0.1) is 5.69 Å². The highest BCUT2D eigenvalue weighted by atomic mass is 15.1. The molecule has 100 valence electrons. The number of nitrogens with zero attached hydrogens (tertiary/aromatic N) is 2. The van der Waals surface area contributed by atoms with Gasteiger partial charge in [0.1, 0.15) is 0 Å². The van der Waals surface area contributed by atoms with E-state index in [1.54, 1.807) is 0 Å². The van der Waals surface area contributed by atoms with Crippen molar-refractivity contribution in [2.75, 3.05) is 13.6 Å². The predicted molar refractivity (Wildman–Crippen MR) is 78.7 cm³/mol. The molecule has 0 amide bonds. The molecular formula is C16H21N3. The lowest BCUT2D eigenvalue weighted by atomic mass is 10.1. The molecule has 1 aromatic carbocycles. The average molecular weight is 255 g/mol. The summed E-state index contributed by atoms with van der Waals surface area (Å²) in [5.74, 6) is 0. The van der Waals surface area contributed by atoms with Crippen LogP contribution in [-0.2, 0) is 6.54 Å². The fourth-order valence-electron chi connectivity index (χ4n) is 2.17. The van der Waals surface area contributed by atoms with E-state index < -0.39 is 0 Å². The minimum absolute atomic E-state index is 0.0380. The number of pyridine rings is 1. The fourth-order valence-corrected chi connectivity index (χ4v) is 2.17. The third-order valence-electron chi connectivity index (χ3n) is 3.11. The van der Waals surface area contributed by atoms with Gasteiger partial charge in [-0.05, 0) is 31.7 Å². The molecule has 0 spiro atoms. The molecule has 0 aliphatic heterocycles. The van der Waals surface area contributed by atoms with Crippen LogP contribution in [0, 0.1) is 6.92 Å². The number of aromatic nitrogens is 1. The minimum atomic E-state index is 0.0380. The molecule has 1 heterocycles. The molecular weight excluding hydrogens is 234 g/mol. The van der Waals surface area contributed by atoms with Gasteiger partial charge in [-0.3, -0.25) is 9.88 Å². The number of hydrogen-bond acceptors (Lipinski definition) is 3. The fraction of sp³-hybridized carbons (Fsp3) is 0.312. The maximum absolute atomic E-state index is 6.22. The summed E-state index contributed by atoms with van der Waals surface area (Å²) in [5, 5.41) is 0. The summed E-state index contributed by atoms with van der Waals surface area (Å²) in [5.41, 5.74) is 9.53. The van der Waals surface area contributed by atoms with Crippen LogP contribution in [-0.4, -0.2) is 23.5 Å². The second-order valence-corrected chi connectivity index (χ2v) is 4.98. The van der Waals surface area contributed by atoms with Crippen molar-refractivity contribution in [1.82, 2.24) is 9.88 Å². The first-order chi connectivity index (χ1) is 9.15. The summed E-state index contributed by atoms with van der Waals surface area (Å²) < 4.78 is 0. The van der Waals surface area contributed by atoms with Gasteiger partial charge in [0, 0.05) is 24.8 Å². The highest BCUT2D eigenvalue weighted by Gasteiger charge is 2.09. The minimum Gasteiger partial charge on any atom is -0.323 e. The lowest BCUT2D eigenvalue weighted by Gasteiger charge is -2.21. The first-order valence-electron chi connectivity index (χ1n) is 6.57. The molecule has 0 radical (unpaired) electrons. The Morgan fingerprint density at radius 2 is 1.84 bits per heavy atom. The van der Waals surface area contributed by atoms with Crippen molar-refractivity contribution in [2.24, 2.45) is 5.73 Å². The Balaban J connectivity index is 1.92. The summed E-state index contributed by atoms with van der Waals surface area (Å²) in [7, 11) is 2.08. The summed E-state index contributed by atoms with van der Waals surface area (Å²) in [6, 6.07) is 16.4. The third-order valence-corrected chi connectivity index (χ3v) is 3.11. The van der Waals surface area contributed by atoms with Crippen molar-refractivity contribution in [3.05, 3.63) is 65.5 Å². The monoisotopic (exact) mass is 255 g/mol. The molecule has 0 saturated carbocycles. The van der Waals surface area contributed by atoms with Crippen molar-refractivity contribution < 1.29 is 0 Å². The summed E-state index contributed by atoms with van der Waals surface area (Å²) in [4.78, 5) is 6.72. The van der Waals surface area contributed by atoms with Crippen LogP contribution in [0.1, 0.15) is 23.0 Å². The SMILES string of the molecule is Cc1cccc(CN(C)CC(N)c2ccccc2)n1. The topological polar surface area (TPSA) is 42.1 Å². The van der Waals surface area contributed by atoms with E-state index in [0.717, 1.165) is 24.5 Å². The molecule has 3 heteroatoms. The van der Waals surface area contributed by atoms with Crippen molar-refractivity contribution in [2.45, 2.75) is 19.5 Å². The van der Waals surface area contributed by atoms with Crippen molar-refractivity contribution in [1.29, 1.82) is 0 Å². The molecule has 19 heavy (non-hydrogen) atoms. The van der Waals surface area contributed by atoms with E-state index in [2.05, 4.69) is 35.1 Å². The molecule has 1 aromatic heterocycles. The van der Waals surface area contributed by atoms with Crippen molar-refractivity contribution in [3.8, 4) is 0 Å². The number of aryl methyl sites for hydroxylation is 1. The van der Waals surface area contributed by atoms with Crippen LogP contribution in [0.5, 0.6) is 0 Å². The van der Waals surface area contributed by atoms with Gasteiger partial charge in [-0.15, -0.1) is 0 Å². The molecule has 0 fully saturated rings. The van der Waals surface area contributed by atoms with Crippen LogP contribution in [0.3, 0.4) is 0 Å². The molecule has 0 aliphatic rings. The van der Waals surface area contributed by atoms with Gasteiger partial charge in [0.2, 0.25) is 0 Å². The van der Waals surface area contributed by atoms with E-state index in [1.807, 2.05) is 37.3 Å². The van der Waals surface area contributed by atoms with E-state index in [0.29, 0.717) is 0 Å². The standard InChI is InChI=1S/C16H21N3/c1-13-7-6-10-15(18-13)11-19(2)12-16(17)14-8-4-3-5-9-14/h3-10,16H,11-12,17H2,1-2H3. The summed E-state index contributed by atoms with van der Waals surface area (Å²) in [6.07, 6.45) is 0. The molecule has 2 aromatic rings. The van der Waals surface area contributed by atoms with E-state index >= 15 is 0 Å². The van der Waals surface area contributed by atoms with Crippen molar-refractivity contribution in [3.63, 3.8) is 0 Å². The molecule has 0 aliphatic carbocycles. The average Bonchev–Trinajstić information content (AvgIpc) is 2.39. The van der Waals surface area contributed by atoms with Crippen LogP contribution in [0.15, 0.2) is 48.5 Å². The number of rotatable bonds is 5. The zero-order valence-corrected chi connectivity index (χ0v) is 11.6. The maximum atomic E-state index is 6.22. The van der Waals surface area contributed by atoms with E-state index in [9.17, 15) is 0 Å². The van der Waals surface area contributed by atoms with Gasteiger partial charge in [0.25, 0.3) is 0 Å². The van der Waals surface area contributed by atoms with Crippen LogP contribution in [0.25, 0.3) is 0 Å². The molecule has 0 bridgehead atoms. The first kappa shape index (κ1) is 13.7. The zero-order chi connectivity index (χ0) is 13.7. The lowest BCUT2D eigenvalue weighted by molar-refractivity contribution is 0.301. The Kier molecular flexibility index (Phi) is 4.66. The Bertz CT molecular complexity index is 510. The second-order valence-electron chi connectivity index (χ2n) is 4.98. The van der Waals surface area contributed by atoms with Gasteiger partial charge in [-0.2, -0.15) is 0 Å².